The van der Waals surface area contributed by atoms with Crippen LogP contribution in [0.5, 0.6) is 0 Å². The number of aromatic nitrogens is 2. The number of rotatable bonds is 6. The summed E-state index contributed by atoms with van der Waals surface area (Å²) in [6, 6.07) is 7.38. The highest BCUT2D eigenvalue weighted by atomic mass is 35.5. The zero-order valence-electron chi connectivity index (χ0n) is 12.8. The second-order valence-corrected chi connectivity index (χ2v) is 6.17. The van der Waals surface area contributed by atoms with Crippen molar-refractivity contribution in [2.24, 2.45) is 0 Å². The third kappa shape index (κ3) is 4.68. The summed E-state index contributed by atoms with van der Waals surface area (Å²) in [4.78, 5) is 2.35. The van der Waals surface area contributed by atoms with Crippen LogP contribution in [0, 0.1) is 0 Å². The quantitative estimate of drug-likeness (QED) is 0.746. The van der Waals surface area contributed by atoms with Gasteiger partial charge in [-0.15, -0.1) is 0 Å². The highest BCUT2D eigenvalue weighted by molar-refractivity contribution is 6.42. The molecule has 0 radical (unpaired) electrons. The third-order valence-corrected chi connectivity index (χ3v) is 4.46. The van der Waals surface area contributed by atoms with E-state index in [-0.39, 0.29) is 0 Å². The van der Waals surface area contributed by atoms with E-state index in [0.717, 1.165) is 44.2 Å². The molecule has 0 saturated carbocycles. The molecular formula is C16H19Cl2N3O2. The Kier molecular flexibility index (Phi) is 5.91. The molecule has 1 aliphatic heterocycles. The van der Waals surface area contributed by atoms with E-state index in [1.165, 1.54) is 0 Å². The zero-order valence-corrected chi connectivity index (χ0v) is 14.3. The van der Waals surface area contributed by atoms with Gasteiger partial charge in [0.2, 0.25) is 0 Å². The van der Waals surface area contributed by atoms with Gasteiger partial charge in [-0.1, -0.05) is 23.2 Å². The van der Waals surface area contributed by atoms with Crippen molar-refractivity contribution in [1.82, 2.24) is 14.7 Å². The van der Waals surface area contributed by atoms with E-state index >= 15 is 0 Å². The minimum atomic E-state index is 0.499. The van der Waals surface area contributed by atoms with E-state index in [1.54, 1.807) is 16.8 Å². The third-order valence-electron chi connectivity index (χ3n) is 3.72. The molecule has 0 N–H and O–H groups in total. The Morgan fingerprint density at radius 3 is 2.74 bits per heavy atom. The smallest absolute Gasteiger partial charge is 0.0907 e. The lowest BCUT2D eigenvalue weighted by molar-refractivity contribution is 0.0176. The van der Waals surface area contributed by atoms with Gasteiger partial charge in [-0.25, -0.2) is 4.68 Å². The van der Waals surface area contributed by atoms with Crippen molar-refractivity contribution in [3.05, 3.63) is 46.2 Å². The average molecular weight is 356 g/mol. The van der Waals surface area contributed by atoms with Gasteiger partial charge in [0.25, 0.3) is 0 Å². The summed E-state index contributed by atoms with van der Waals surface area (Å²) in [6.45, 7) is 5.71. The first kappa shape index (κ1) is 16.7. The molecule has 1 saturated heterocycles. The first-order chi connectivity index (χ1) is 11.2. The molecule has 1 fully saturated rings. The van der Waals surface area contributed by atoms with Gasteiger partial charge in [0, 0.05) is 25.8 Å². The van der Waals surface area contributed by atoms with E-state index in [1.807, 2.05) is 18.3 Å². The molecule has 0 atom stereocenters. The van der Waals surface area contributed by atoms with Crippen molar-refractivity contribution in [2.45, 2.75) is 6.61 Å². The summed E-state index contributed by atoms with van der Waals surface area (Å²) in [5.74, 6) is 0. The van der Waals surface area contributed by atoms with Crippen LogP contribution in [0.15, 0.2) is 30.5 Å². The number of ether oxygens (including phenoxy) is 2. The SMILES string of the molecule is Clc1ccc(-n2ccc(COCCN3CCOCC3)n2)cc1Cl. The Labute approximate surface area is 145 Å². The van der Waals surface area contributed by atoms with E-state index < -0.39 is 0 Å². The first-order valence-electron chi connectivity index (χ1n) is 7.60. The minimum absolute atomic E-state index is 0.499. The molecule has 1 aromatic carbocycles. The Morgan fingerprint density at radius 2 is 1.96 bits per heavy atom. The topological polar surface area (TPSA) is 39.5 Å². The normalized spacial score (nSPS) is 15.9. The van der Waals surface area contributed by atoms with Crippen molar-refractivity contribution in [2.75, 3.05) is 39.5 Å². The lowest BCUT2D eigenvalue weighted by Crippen LogP contribution is -2.38. The standard InChI is InChI=1S/C16H19Cl2N3O2/c17-15-2-1-14(11-16(15)18)21-4-3-13(19-21)12-23-10-7-20-5-8-22-9-6-20/h1-4,11H,5-10,12H2. The molecule has 7 heteroatoms. The molecule has 5 nitrogen and oxygen atoms in total. The molecule has 1 aromatic heterocycles. The summed E-state index contributed by atoms with van der Waals surface area (Å²) < 4.78 is 12.8. The van der Waals surface area contributed by atoms with Gasteiger partial charge in [-0.2, -0.15) is 5.10 Å². The summed E-state index contributed by atoms with van der Waals surface area (Å²) >= 11 is 12.0. The van der Waals surface area contributed by atoms with Crippen LogP contribution in [0.3, 0.4) is 0 Å². The monoisotopic (exact) mass is 355 g/mol. The largest absolute Gasteiger partial charge is 0.379 e. The van der Waals surface area contributed by atoms with Crippen LogP contribution in [0.2, 0.25) is 10.0 Å². The number of halogens is 2. The molecule has 124 valence electrons. The van der Waals surface area contributed by atoms with E-state index in [9.17, 15) is 0 Å². The predicted molar refractivity (Wildman–Crippen MR) is 90.5 cm³/mol. The Bertz CT molecular complexity index is 642. The second kappa shape index (κ2) is 8.13. The van der Waals surface area contributed by atoms with E-state index in [4.69, 9.17) is 32.7 Å². The van der Waals surface area contributed by atoms with Crippen molar-refractivity contribution in [3.8, 4) is 5.69 Å². The second-order valence-electron chi connectivity index (χ2n) is 5.36. The van der Waals surface area contributed by atoms with Crippen molar-refractivity contribution >= 4 is 23.2 Å². The molecule has 0 unspecified atom stereocenters. The maximum Gasteiger partial charge on any atom is 0.0907 e. The predicted octanol–water partition coefficient (Wildman–Crippen LogP) is 3.03. The van der Waals surface area contributed by atoms with Crippen LogP contribution in [-0.4, -0.2) is 54.1 Å². The summed E-state index contributed by atoms with van der Waals surface area (Å²) in [7, 11) is 0. The van der Waals surface area contributed by atoms with Crippen molar-refractivity contribution in [1.29, 1.82) is 0 Å². The lowest BCUT2D eigenvalue weighted by Gasteiger charge is -2.26. The number of hydrogen-bond acceptors (Lipinski definition) is 4. The van der Waals surface area contributed by atoms with Gasteiger partial charge >= 0.3 is 0 Å². The van der Waals surface area contributed by atoms with Gasteiger partial charge in [-0.05, 0) is 24.3 Å². The molecular weight excluding hydrogens is 337 g/mol. The summed E-state index contributed by atoms with van der Waals surface area (Å²) in [5, 5.41) is 5.54. The Balaban J connectivity index is 1.48. The number of benzene rings is 1. The summed E-state index contributed by atoms with van der Waals surface area (Å²) in [5.41, 5.74) is 1.76. The van der Waals surface area contributed by atoms with E-state index in [0.29, 0.717) is 23.3 Å². The van der Waals surface area contributed by atoms with Gasteiger partial charge in [0.15, 0.2) is 0 Å². The highest BCUT2D eigenvalue weighted by Crippen LogP contribution is 2.24. The van der Waals surface area contributed by atoms with Crippen LogP contribution in [0.1, 0.15) is 5.69 Å². The molecule has 23 heavy (non-hydrogen) atoms. The van der Waals surface area contributed by atoms with Gasteiger partial charge in [0.1, 0.15) is 0 Å². The maximum atomic E-state index is 6.04. The summed E-state index contributed by atoms with van der Waals surface area (Å²) in [6.07, 6.45) is 1.89. The van der Waals surface area contributed by atoms with Gasteiger partial charge < -0.3 is 9.47 Å². The number of morpholine rings is 1. The average Bonchev–Trinajstić information content (AvgIpc) is 3.04. The molecule has 0 bridgehead atoms. The molecule has 3 rings (SSSR count). The van der Waals surface area contributed by atoms with Crippen molar-refractivity contribution < 1.29 is 9.47 Å². The molecule has 0 amide bonds. The van der Waals surface area contributed by atoms with Crippen LogP contribution >= 0.6 is 23.2 Å². The fourth-order valence-electron chi connectivity index (χ4n) is 2.41. The highest BCUT2D eigenvalue weighted by Gasteiger charge is 2.10. The molecule has 0 spiro atoms. The van der Waals surface area contributed by atoms with E-state index in [2.05, 4.69) is 10.00 Å². The lowest BCUT2D eigenvalue weighted by atomic mass is 10.3. The number of nitrogens with zero attached hydrogens (tertiary/aromatic N) is 3. The van der Waals surface area contributed by atoms with Crippen LogP contribution in [0.4, 0.5) is 0 Å². The Morgan fingerprint density at radius 1 is 1.13 bits per heavy atom. The minimum Gasteiger partial charge on any atom is -0.379 e. The maximum absolute atomic E-state index is 6.04. The van der Waals surface area contributed by atoms with Crippen LogP contribution < -0.4 is 0 Å². The molecule has 2 aromatic rings. The van der Waals surface area contributed by atoms with Crippen LogP contribution in [-0.2, 0) is 16.1 Å². The van der Waals surface area contributed by atoms with Crippen molar-refractivity contribution in [3.63, 3.8) is 0 Å². The molecule has 0 aliphatic carbocycles. The fraction of sp³-hybridized carbons (Fsp3) is 0.438. The van der Waals surface area contributed by atoms with Gasteiger partial charge in [-0.3, -0.25) is 4.90 Å². The fourth-order valence-corrected chi connectivity index (χ4v) is 2.70. The molecule has 1 aliphatic rings. The zero-order chi connectivity index (χ0) is 16.1. The molecule has 2 heterocycles. The van der Waals surface area contributed by atoms with Gasteiger partial charge in [0.05, 0.1) is 47.9 Å². The first-order valence-corrected chi connectivity index (χ1v) is 8.36. The van der Waals surface area contributed by atoms with Crippen LogP contribution in [0.25, 0.3) is 5.69 Å². The Hall–Kier alpha value is -1.11. The number of hydrogen-bond donors (Lipinski definition) is 0.